The molecule has 7 heteroatoms. The third-order valence-corrected chi connectivity index (χ3v) is 4.28. The van der Waals surface area contributed by atoms with Gasteiger partial charge in [0.05, 0.1) is 39.2 Å². The Morgan fingerprint density at radius 3 is 2.54 bits per heavy atom. The number of aryl methyl sites for hydroxylation is 1. The van der Waals surface area contributed by atoms with Crippen LogP contribution in [0, 0.1) is 6.92 Å². The van der Waals surface area contributed by atoms with E-state index >= 15 is 0 Å². The molecule has 1 amide bonds. The van der Waals surface area contributed by atoms with E-state index in [0.29, 0.717) is 24.6 Å². The van der Waals surface area contributed by atoms with E-state index in [1.807, 2.05) is 38.1 Å². The van der Waals surface area contributed by atoms with Crippen LogP contribution in [0.5, 0.6) is 11.5 Å². The van der Waals surface area contributed by atoms with Gasteiger partial charge in [0.15, 0.2) is 0 Å². The molecule has 1 aromatic heterocycles. The topological polar surface area (TPSA) is 70.7 Å². The molecule has 1 N–H and O–H groups in total. The molecule has 0 unspecified atom stereocenters. The summed E-state index contributed by atoms with van der Waals surface area (Å²) in [5, 5.41) is 0. The lowest BCUT2D eigenvalue weighted by Gasteiger charge is -2.24. The first-order chi connectivity index (χ1) is 12.4. The van der Waals surface area contributed by atoms with Gasteiger partial charge in [-0.05, 0) is 27.1 Å². The van der Waals surface area contributed by atoms with Crippen molar-refractivity contribution in [3.05, 3.63) is 41.5 Å². The summed E-state index contributed by atoms with van der Waals surface area (Å²) in [6.07, 6.45) is 1.93. The number of aromatic amines is 1. The molecule has 0 aliphatic heterocycles. The van der Waals surface area contributed by atoms with Crippen LogP contribution in [0.15, 0.2) is 24.5 Å². The molecule has 0 bridgehead atoms. The number of nitrogens with zero attached hydrogens (tertiary/aromatic N) is 3. The highest BCUT2D eigenvalue weighted by atomic mass is 16.5. The molecular formula is C19H28N4O3. The molecule has 1 heterocycles. The monoisotopic (exact) mass is 360 g/mol. The lowest BCUT2D eigenvalue weighted by Crippen LogP contribution is -2.37. The van der Waals surface area contributed by atoms with Gasteiger partial charge in [-0.3, -0.25) is 4.79 Å². The highest BCUT2D eigenvalue weighted by Gasteiger charge is 2.19. The van der Waals surface area contributed by atoms with Gasteiger partial charge in [-0.2, -0.15) is 0 Å². The van der Waals surface area contributed by atoms with E-state index in [4.69, 9.17) is 9.47 Å². The fourth-order valence-corrected chi connectivity index (χ4v) is 2.61. The molecule has 142 valence electrons. The second-order valence-corrected chi connectivity index (χ2v) is 6.45. The van der Waals surface area contributed by atoms with Crippen LogP contribution in [0.4, 0.5) is 0 Å². The van der Waals surface area contributed by atoms with E-state index in [-0.39, 0.29) is 12.3 Å². The lowest BCUT2D eigenvalue weighted by atomic mass is 10.1. The number of H-pyrrole nitrogens is 1. The van der Waals surface area contributed by atoms with Crippen LogP contribution in [0.1, 0.15) is 17.0 Å². The molecule has 0 saturated heterocycles. The Bertz CT molecular complexity index is 727. The average molecular weight is 360 g/mol. The van der Waals surface area contributed by atoms with Crippen LogP contribution >= 0.6 is 0 Å². The molecule has 7 nitrogen and oxygen atoms in total. The Balaban J connectivity index is 2.16. The Kier molecular flexibility index (Phi) is 7.03. The maximum absolute atomic E-state index is 13.0. The first-order valence-electron chi connectivity index (χ1n) is 8.56. The zero-order chi connectivity index (χ0) is 19.1. The van der Waals surface area contributed by atoms with E-state index < -0.39 is 0 Å². The second-order valence-electron chi connectivity index (χ2n) is 6.45. The number of nitrogens with one attached hydrogen (secondary N) is 1. The number of imidazole rings is 1. The fourth-order valence-electron chi connectivity index (χ4n) is 2.61. The number of methoxy groups -OCH3 is 2. The smallest absolute Gasteiger partial charge is 0.227 e. The molecule has 0 aliphatic rings. The third kappa shape index (κ3) is 5.23. The number of hydrogen-bond acceptors (Lipinski definition) is 5. The number of hydrogen-bond donors (Lipinski definition) is 1. The van der Waals surface area contributed by atoms with Crippen molar-refractivity contribution in [3.63, 3.8) is 0 Å². The summed E-state index contributed by atoms with van der Waals surface area (Å²) in [7, 11) is 7.19. The number of carbonyl (C=O) groups is 1. The Morgan fingerprint density at radius 1 is 1.19 bits per heavy atom. The van der Waals surface area contributed by atoms with E-state index in [1.54, 1.807) is 26.6 Å². The Labute approximate surface area is 154 Å². The van der Waals surface area contributed by atoms with Gasteiger partial charge in [0, 0.05) is 30.4 Å². The third-order valence-electron chi connectivity index (χ3n) is 4.28. The minimum atomic E-state index is 0.0396. The minimum Gasteiger partial charge on any atom is -0.497 e. The van der Waals surface area contributed by atoms with Crippen molar-refractivity contribution in [1.82, 2.24) is 19.8 Å². The van der Waals surface area contributed by atoms with Gasteiger partial charge in [-0.25, -0.2) is 4.98 Å². The predicted octanol–water partition coefficient (Wildman–Crippen LogP) is 1.87. The predicted molar refractivity (Wildman–Crippen MR) is 101 cm³/mol. The number of carbonyl (C=O) groups excluding carboxylic acids is 1. The van der Waals surface area contributed by atoms with E-state index in [0.717, 1.165) is 23.5 Å². The number of rotatable bonds is 9. The van der Waals surface area contributed by atoms with E-state index in [1.165, 1.54) is 0 Å². The first kappa shape index (κ1) is 19.8. The maximum atomic E-state index is 13.0. The summed E-state index contributed by atoms with van der Waals surface area (Å²) in [5.41, 5.74) is 2.71. The molecule has 2 rings (SSSR count). The summed E-state index contributed by atoms with van der Waals surface area (Å²) in [4.78, 5) is 24.3. The van der Waals surface area contributed by atoms with Crippen molar-refractivity contribution < 1.29 is 14.3 Å². The highest BCUT2D eigenvalue weighted by Crippen LogP contribution is 2.25. The molecule has 0 spiro atoms. The molecule has 0 saturated carbocycles. The van der Waals surface area contributed by atoms with Gasteiger partial charge in [0.25, 0.3) is 0 Å². The molecule has 2 aromatic rings. The quantitative estimate of drug-likeness (QED) is 0.739. The van der Waals surface area contributed by atoms with Crippen LogP contribution < -0.4 is 9.47 Å². The number of amides is 1. The van der Waals surface area contributed by atoms with Crippen LogP contribution in [0.3, 0.4) is 0 Å². The molecular weight excluding hydrogens is 332 g/mol. The van der Waals surface area contributed by atoms with Crippen LogP contribution in [-0.4, -0.2) is 67.1 Å². The zero-order valence-corrected chi connectivity index (χ0v) is 16.2. The first-order valence-corrected chi connectivity index (χ1v) is 8.56. The lowest BCUT2D eigenvalue weighted by molar-refractivity contribution is -0.131. The van der Waals surface area contributed by atoms with Crippen molar-refractivity contribution in [2.45, 2.75) is 19.9 Å². The van der Waals surface area contributed by atoms with Gasteiger partial charge in [-0.15, -0.1) is 0 Å². The summed E-state index contributed by atoms with van der Waals surface area (Å²) in [6, 6.07) is 5.51. The Morgan fingerprint density at radius 2 is 1.96 bits per heavy atom. The van der Waals surface area contributed by atoms with Crippen molar-refractivity contribution >= 4 is 5.91 Å². The fraction of sp³-hybridized carbons (Fsp3) is 0.474. The van der Waals surface area contributed by atoms with Gasteiger partial charge in [-0.1, -0.05) is 6.07 Å². The Hall–Kier alpha value is -2.54. The maximum Gasteiger partial charge on any atom is 0.227 e. The molecule has 0 fully saturated rings. The van der Waals surface area contributed by atoms with Crippen LogP contribution in [-0.2, 0) is 17.8 Å². The molecule has 0 radical (unpaired) electrons. The van der Waals surface area contributed by atoms with Gasteiger partial charge < -0.3 is 24.3 Å². The van der Waals surface area contributed by atoms with Crippen molar-refractivity contribution in [2.24, 2.45) is 0 Å². The zero-order valence-electron chi connectivity index (χ0n) is 16.2. The molecule has 0 atom stereocenters. The van der Waals surface area contributed by atoms with E-state index in [2.05, 4.69) is 14.9 Å². The minimum absolute atomic E-state index is 0.0396. The number of likely N-dealkylation sites (N-methyl/N-ethyl adjacent to an activating group) is 1. The van der Waals surface area contributed by atoms with Crippen molar-refractivity contribution in [1.29, 1.82) is 0 Å². The SMILES string of the molecule is COc1ccc(CC(=O)N(CCN(C)C)Cc2nc[nH]c2C)c(OC)c1. The summed E-state index contributed by atoms with van der Waals surface area (Å²) >= 11 is 0. The summed E-state index contributed by atoms with van der Waals surface area (Å²) in [5.74, 6) is 1.40. The largest absolute Gasteiger partial charge is 0.497 e. The van der Waals surface area contributed by atoms with Crippen LogP contribution in [0.2, 0.25) is 0 Å². The van der Waals surface area contributed by atoms with Gasteiger partial charge in [0.1, 0.15) is 11.5 Å². The average Bonchev–Trinajstić information content (AvgIpc) is 3.03. The van der Waals surface area contributed by atoms with Gasteiger partial charge in [0.2, 0.25) is 5.91 Å². The standard InChI is InChI=1S/C19H28N4O3/c1-14-17(21-13-20-14)12-23(9-8-22(2)3)19(24)10-15-6-7-16(25-4)11-18(15)26-5/h6-7,11,13H,8-10,12H2,1-5H3,(H,20,21). The highest BCUT2D eigenvalue weighted by molar-refractivity contribution is 5.79. The molecule has 1 aromatic carbocycles. The summed E-state index contributed by atoms with van der Waals surface area (Å²) in [6.45, 7) is 3.87. The second kappa shape index (κ2) is 9.24. The number of benzene rings is 1. The summed E-state index contributed by atoms with van der Waals surface area (Å²) < 4.78 is 10.6. The van der Waals surface area contributed by atoms with E-state index in [9.17, 15) is 4.79 Å². The molecule has 26 heavy (non-hydrogen) atoms. The number of ether oxygens (including phenoxy) is 2. The molecule has 0 aliphatic carbocycles. The van der Waals surface area contributed by atoms with Crippen LogP contribution in [0.25, 0.3) is 0 Å². The van der Waals surface area contributed by atoms with Crippen molar-refractivity contribution in [2.75, 3.05) is 41.4 Å². The number of aromatic nitrogens is 2. The normalized spacial score (nSPS) is 10.8. The van der Waals surface area contributed by atoms with Crippen molar-refractivity contribution in [3.8, 4) is 11.5 Å². The van der Waals surface area contributed by atoms with Gasteiger partial charge >= 0.3 is 0 Å².